The van der Waals surface area contributed by atoms with E-state index in [0.29, 0.717) is 18.0 Å². The van der Waals surface area contributed by atoms with Crippen molar-refractivity contribution in [2.24, 2.45) is 0 Å². The summed E-state index contributed by atoms with van der Waals surface area (Å²) < 4.78 is 5.57. The van der Waals surface area contributed by atoms with Gasteiger partial charge in [0.05, 0.1) is 18.4 Å². The molecule has 1 fully saturated rings. The second-order valence-corrected chi connectivity index (χ2v) is 6.10. The van der Waals surface area contributed by atoms with Crippen LogP contribution in [-0.2, 0) is 0 Å². The molecular weight excluding hydrogens is 278 g/mol. The minimum atomic E-state index is -0.470. The molecule has 5 nitrogen and oxygen atoms in total. The molecule has 5 heteroatoms. The molecule has 3 N–H and O–H groups in total. The molecule has 1 aliphatic heterocycles. The number of nitrogen functional groups attached to an aromatic ring is 1. The van der Waals surface area contributed by atoms with E-state index in [1.54, 1.807) is 0 Å². The summed E-state index contributed by atoms with van der Waals surface area (Å²) in [5.41, 5.74) is 7.47. The molecule has 0 aliphatic carbocycles. The average molecular weight is 307 g/mol. The highest BCUT2D eigenvalue weighted by molar-refractivity contribution is 5.54. The number of hydrogen-bond donors (Lipinski definition) is 2. The van der Waals surface area contributed by atoms with Gasteiger partial charge in [0.15, 0.2) is 0 Å². The number of benzene rings is 1. The number of nitrogens with two attached hydrogens (primary N) is 1. The van der Waals surface area contributed by atoms with Gasteiger partial charge >= 0.3 is 0 Å². The summed E-state index contributed by atoms with van der Waals surface area (Å²) in [4.78, 5) is 4.74. The number of nitrogens with zero attached hydrogens (tertiary/aromatic N) is 2. The van der Waals surface area contributed by atoms with Gasteiger partial charge in [-0.1, -0.05) is 13.0 Å². The van der Waals surface area contributed by atoms with Crippen LogP contribution in [0.3, 0.4) is 0 Å². The van der Waals surface area contributed by atoms with E-state index in [0.717, 1.165) is 51.1 Å². The number of ether oxygens (including phenoxy) is 1. The molecule has 1 unspecified atom stereocenters. The molecule has 0 saturated carbocycles. The summed E-state index contributed by atoms with van der Waals surface area (Å²) in [7, 11) is 2.15. The van der Waals surface area contributed by atoms with Crippen molar-refractivity contribution in [3.63, 3.8) is 0 Å². The van der Waals surface area contributed by atoms with Crippen LogP contribution in [0.15, 0.2) is 18.2 Å². The largest absolute Gasteiger partial charge is 0.491 e. The monoisotopic (exact) mass is 307 g/mol. The maximum Gasteiger partial charge on any atom is 0.142 e. The van der Waals surface area contributed by atoms with Crippen molar-refractivity contribution in [3.8, 4) is 5.75 Å². The van der Waals surface area contributed by atoms with Gasteiger partial charge in [0, 0.05) is 32.7 Å². The number of hydrogen-bond acceptors (Lipinski definition) is 5. The fourth-order valence-electron chi connectivity index (χ4n) is 2.66. The van der Waals surface area contributed by atoms with E-state index in [9.17, 15) is 5.11 Å². The van der Waals surface area contributed by atoms with Gasteiger partial charge in [-0.05, 0) is 37.6 Å². The quantitative estimate of drug-likeness (QED) is 0.751. The summed E-state index contributed by atoms with van der Waals surface area (Å²) in [5, 5.41) is 10.4. The Labute approximate surface area is 133 Å². The lowest BCUT2D eigenvalue weighted by atomic mass is 10.0. The lowest BCUT2D eigenvalue weighted by molar-refractivity contribution is 0.113. The van der Waals surface area contributed by atoms with Crippen LogP contribution < -0.4 is 10.5 Å². The average Bonchev–Trinajstić information content (AvgIpc) is 2.53. The molecule has 1 aromatic rings. The topological polar surface area (TPSA) is 62.0 Å². The first-order valence-electron chi connectivity index (χ1n) is 8.21. The third kappa shape index (κ3) is 4.87. The van der Waals surface area contributed by atoms with Crippen LogP contribution >= 0.6 is 0 Å². The van der Waals surface area contributed by atoms with Crippen molar-refractivity contribution < 1.29 is 9.84 Å². The van der Waals surface area contributed by atoms with Gasteiger partial charge in [-0.25, -0.2) is 0 Å². The Morgan fingerprint density at radius 1 is 1.27 bits per heavy atom. The van der Waals surface area contributed by atoms with Gasteiger partial charge in [-0.2, -0.15) is 0 Å². The van der Waals surface area contributed by atoms with E-state index in [1.807, 2.05) is 18.2 Å². The third-order valence-corrected chi connectivity index (χ3v) is 4.19. The summed E-state index contributed by atoms with van der Waals surface area (Å²) in [5.74, 6) is 0.705. The SMILES string of the molecule is CCCOc1ccc(C(O)CCN2CCN(C)CC2)cc1N. The van der Waals surface area contributed by atoms with Crippen LogP contribution in [0.1, 0.15) is 31.4 Å². The molecule has 0 bridgehead atoms. The maximum absolute atomic E-state index is 10.4. The van der Waals surface area contributed by atoms with Gasteiger partial charge < -0.3 is 25.4 Å². The molecule has 1 atom stereocenters. The number of anilines is 1. The van der Waals surface area contributed by atoms with E-state index >= 15 is 0 Å². The Balaban J connectivity index is 1.84. The summed E-state index contributed by atoms with van der Waals surface area (Å²) >= 11 is 0. The van der Waals surface area contributed by atoms with Crippen molar-refractivity contribution in [2.75, 3.05) is 52.1 Å². The molecule has 0 spiro atoms. The third-order valence-electron chi connectivity index (χ3n) is 4.19. The van der Waals surface area contributed by atoms with Crippen LogP contribution in [0, 0.1) is 0 Å². The number of aliphatic hydroxyl groups is 1. The zero-order chi connectivity index (χ0) is 15.9. The van der Waals surface area contributed by atoms with E-state index in [2.05, 4.69) is 23.8 Å². The second kappa shape index (κ2) is 8.36. The van der Waals surface area contributed by atoms with Gasteiger partial charge in [0.2, 0.25) is 0 Å². The zero-order valence-corrected chi connectivity index (χ0v) is 13.8. The zero-order valence-electron chi connectivity index (χ0n) is 13.8. The lowest BCUT2D eigenvalue weighted by Crippen LogP contribution is -2.44. The van der Waals surface area contributed by atoms with Gasteiger partial charge in [-0.15, -0.1) is 0 Å². The Bertz CT molecular complexity index is 459. The van der Waals surface area contributed by atoms with Gasteiger partial charge in [-0.3, -0.25) is 0 Å². The molecule has 0 radical (unpaired) electrons. The maximum atomic E-state index is 10.4. The summed E-state index contributed by atoms with van der Waals surface area (Å²) in [6.45, 7) is 8.01. The van der Waals surface area contributed by atoms with Crippen molar-refractivity contribution in [2.45, 2.75) is 25.9 Å². The highest BCUT2D eigenvalue weighted by atomic mass is 16.5. The normalized spacial score (nSPS) is 18.3. The van der Waals surface area contributed by atoms with Crippen LogP contribution in [0.5, 0.6) is 5.75 Å². The Morgan fingerprint density at radius 2 is 2.00 bits per heavy atom. The highest BCUT2D eigenvalue weighted by Gasteiger charge is 2.16. The first kappa shape index (κ1) is 17.1. The van der Waals surface area contributed by atoms with Crippen LogP contribution in [0.4, 0.5) is 5.69 Å². The van der Waals surface area contributed by atoms with Crippen LogP contribution in [-0.4, -0.2) is 61.3 Å². The Hall–Kier alpha value is -1.30. The summed E-state index contributed by atoms with van der Waals surface area (Å²) in [6, 6.07) is 5.61. The first-order valence-corrected chi connectivity index (χ1v) is 8.21. The first-order chi connectivity index (χ1) is 10.6. The molecule has 1 heterocycles. The van der Waals surface area contributed by atoms with E-state index < -0.39 is 6.10 Å². The van der Waals surface area contributed by atoms with Gasteiger partial charge in [0.25, 0.3) is 0 Å². The molecule has 1 aromatic carbocycles. The van der Waals surface area contributed by atoms with E-state index in [-0.39, 0.29) is 0 Å². The fraction of sp³-hybridized carbons (Fsp3) is 0.647. The Kier molecular flexibility index (Phi) is 6.49. The smallest absolute Gasteiger partial charge is 0.142 e. The second-order valence-electron chi connectivity index (χ2n) is 6.10. The molecule has 2 rings (SSSR count). The highest BCUT2D eigenvalue weighted by Crippen LogP contribution is 2.27. The number of aliphatic hydroxyl groups excluding tert-OH is 1. The standard InChI is InChI=1S/C17H29N3O2/c1-3-12-22-17-5-4-14(13-15(17)18)16(21)6-7-20-10-8-19(2)9-11-20/h4-5,13,16,21H,3,6-12,18H2,1-2H3. The molecule has 0 amide bonds. The van der Waals surface area contributed by atoms with Crippen molar-refractivity contribution in [3.05, 3.63) is 23.8 Å². The Morgan fingerprint density at radius 3 is 2.64 bits per heavy atom. The van der Waals surface area contributed by atoms with Crippen molar-refractivity contribution >= 4 is 5.69 Å². The number of likely N-dealkylation sites (N-methyl/N-ethyl adjacent to an activating group) is 1. The van der Waals surface area contributed by atoms with E-state index in [4.69, 9.17) is 10.5 Å². The molecular formula is C17H29N3O2. The van der Waals surface area contributed by atoms with Gasteiger partial charge in [0.1, 0.15) is 5.75 Å². The fourth-order valence-corrected chi connectivity index (χ4v) is 2.66. The minimum Gasteiger partial charge on any atom is -0.491 e. The number of piperazine rings is 1. The summed E-state index contributed by atoms with van der Waals surface area (Å²) in [6.07, 6.45) is 1.22. The van der Waals surface area contributed by atoms with Crippen molar-refractivity contribution in [1.82, 2.24) is 9.80 Å². The van der Waals surface area contributed by atoms with Crippen LogP contribution in [0.25, 0.3) is 0 Å². The predicted molar refractivity (Wildman–Crippen MR) is 90.2 cm³/mol. The minimum absolute atomic E-state index is 0.470. The van der Waals surface area contributed by atoms with E-state index in [1.165, 1.54) is 0 Å². The molecule has 1 saturated heterocycles. The lowest BCUT2D eigenvalue weighted by Gasteiger charge is -2.32. The molecule has 1 aliphatic rings. The molecule has 22 heavy (non-hydrogen) atoms. The van der Waals surface area contributed by atoms with Crippen LogP contribution in [0.2, 0.25) is 0 Å². The molecule has 124 valence electrons. The predicted octanol–water partition coefficient (Wildman–Crippen LogP) is 1.73. The molecule has 0 aromatic heterocycles. The number of rotatable bonds is 7. The van der Waals surface area contributed by atoms with Crippen molar-refractivity contribution in [1.29, 1.82) is 0 Å².